The van der Waals surface area contributed by atoms with Gasteiger partial charge in [0.1, 0.15) is 5.60 Å². The monoisotopic (exact) mass is 196 g/mol. The van der Waals surface area contributed by atoms with Crippen molar-refractivity contribution in [2.75, 3.05) is 6.61 Å². The second kappa shape index (κ2) is 5.76. The van der Waals surface area contributed by atoms with E-state index in [1.54, 1.807) is 19.9 Å². The highest BCUT2D eigenvalue weighted by Gasteiger charge is 2.26. The first kappa shape index (κ1) is 13.1. The fraction of sp³-hybridized carbons (Fsp3) is 0.583. The van der Waals surface area contributed by atoms with Gasteiger partial charge in [-0.1, -0.05) is 24.3 Å². The average Bonchev–Trinajstić information content (AvgIpc) is 2.13. The molecular weight excluding hydrogens is 176 g/mol. The first-order valence-corrected chi connectivity index (χ1v) is 4.90. The maximum atomic E-state index is 11.7. The lowest BCUT2D eigenvalue weighted by Crippen LogP contribution is -2.34. The third kappa shape index (κ3) is 4.38. The Morgan fingerprint density at radius 3 is 2.50 bits per heavy atom. The SMILES string of the molecule is C=C/C(C)=C/CC(=O)C(C)(C)OCC. The van der Waals surface area contributed by atoms with Crippen LogP contribution in [0.3, 0.4) is 0 Å². The molecule has 0 amide bonds. The van der Waals surface area contributed by atoms with Gasteiger partial charge >= 0.3 is 0 Å². The van der Waals surface area contributed by atoms with Gasteiger partial charge in [0.25, 0.3) is 0 Å². The van der Waals surface area contributed by atoms with E-state index in [1.165, 1.54) is 0 Å². The molecule has 0 aliphatic rings. The summed E-state index contributed by atoms with van der Waals surface area (Å²) in [6.07, 6.45) is 4.02. The highest BCUT2D eigenvalue weighted by molar-refractivity contribution is 5.87. The quantitative estimate of drug-likeness (QED) is 0.610. The number of carbonyl (C=O) groups excluding carboxylic acids is 1. The smallest absolute Gasteiger partial charge is 0.167 e. The molecular formula is C12H20O2. The van der Waals surface area contributed by atoms with E-state index in [0.29, 0.717) is 13.0 Å². The molecule has 0 spiro atoms. The third-order valence-corrected chi connectivity index (χ3v) is 2.11. The van der Waals surface area contributed by atoms with Crippen molar-refractivity contribution >= 4 is 5.78 Å². The highest BCUT2D eigenvalue weighted by Crippen LogP contribution is 2.13. The Morgan fingerprint density at radius 1 is 1.50 bits per heavy atom. The summed E-state index contributed by atoms with van der Waals surface area (Å²) >= 11 is 0. The first-order valence-electron chi connectivity index (χ1n) is 4.90. The minimum Gasteiger partial charge on any atom is -0.368 e. The molecule has 0 aliphatic heterocycles. The third-order valence-electron chi connectivity index (χ3n) is 2.11. The van der Waals surface area contributed by atoms with Crippen molar-refractivity contribution < 1.29 is 9.53 Å². The normalized spacial score (nSPS) is 12.7. The van der Waals surface area contributed by atoms with Gasteiger partial charge in [-0.3, -0.25) is 4.79 Å². The molecule has 0 aromatic rings. The number of ketones is 1. The molecule has 0 aromatic carbocycles. The second-order valence-electron chi connectivity index (χ2n) is 3.72. The van der Waals surface area contributed by atoms with Crippen LogP contribution >= 0.6 is 0 Å². The molecule has 0 aliphatic carbocycles. The number of ether oxygens (including phenoxy) is 1. The summed E-state index contributed by atoms with van der Waals surface area (Å²) in [4.78, 5) is 11.7. The van der Waals surface area contributed by atoms with Crippen LogP contribution < -0.4 is 0 Å². The van der Waals surface area contributed by atoms with Gasteiger partial charge in [-0.15, -0.1) is 0 Å². The van der Waals surface area contributed by atoms with Crippen LogP contribution in [0.15, 0.2) is 24.3 Å². The van der Waals surface area contributed by atoms with E-state index < -0.39 is 5.60 Å². The van der Waals surface area contributed by atoms with Gasteiger partial charge in [-0.2, -0.15) is 0 Å². The van der Waals surface area contributed by atoms with Crippen molar-refractivity contribution in [3.8, 4) is 0 Å². The fourth-order valence-corrected chi connectivity index (χ4v) is 1.02. The molecule has 0 heterocycles. The molecule has 2 nitrogen and oxygen atoms in total. The van der Waals surface area contributed by atoms with Crippen LogP contribution in [0.1, 0.15) is 34.1 Å². The second-order valence-corrected chi connectivity index (χ2v) is 3.72. The first-order chi connectivity index (χ1) is 6.44. The minimum atomic E-state index is -0.674. The Balaban J connectivity index is 4.27. The van der Waals surface area contributed by atoms with Gasteiger partial charge in [-0.05, 0) is 27.7 Å². The van der Waals surface area contributed by atoms with E-state index in [2.05, 4.69) is 6.58 Å². The van der Waals surface area contributed by atoms with E-state index in [9.17, 15) is 4.79 Å². The average molecular weight is 196 g/mol. The Hall–Kier alpha value is -0.890. The van der Waals surface area contributed by atoms with E-state index >= 15 is 0 Å². The van der Waals surface area contributed by atoms with Gasteiger partial charge < -0.3 is 4.74 Å². The van der Waals surface area contributed by atoms with Crippen LogP contribution in [-0.4, -0.2) is 18.0 Å². The van der Waals surface area contributed by atoms with E-state index in [-0.39, 0.29) is 5.78 Å². The van der Waals surface area contributed by atoms with Crippen molar-refractivity contribution in [1.82, 2.24) is 0 Å². The summed E-state index contributed by atoms with van der Waals surface area (Å²) in [5.74, 6) is 0.0977. The molecule has 0 atom stereocenters. The summed E-state index contributed by atoms with van der Waals surface area (Å²) in [6, 6.07) is 0. The van der Waals surface area contributed by atoms with Crippen molar-refractivity contribution in [3.05, 3.63) is 24.3 Å². The van der Waals surface area contributed by atoms with Gasteiger partial charge in [0.05, 0.1) is 0 Å². The Morgan fingerprint density at radius 2 is 2.07 bits per heavy atom. The lowest BCUT2D eigenvalue weighted by Gasteiger charge is -2.22. The number of rotatable bonds is 6. The molecule has 0 rings (SSSR count). The summed E-state index contributed by atoms with van der Waals surface area (Å²) in [7, 11) is 0. The maximum absolute atomic E-state index is 11.7. The predicted molar refractivity (Wildman–Crippen MR) is 59.3 cm³/mol. The van der Waals surface area contributed by atoms with Gasteiger partial charge in [0, 0.05) is 13.0 Å². The van der Waals surface area contributed by atoms with Gasteiger partial charge in [0.15, 0.2) is 5.78 Å². The van der Waals surface area contributed by atoms with Crippen LogP contribution in [0.4, 0.5) is 0 Å². The van der Waals surface area contributed by atoms with Crippen molar-refractivity contribution in [2.45, 2.75) is 39.7 Å². The standard InChI is InChI=1S/C12H20O2/c1-6-10(3)8-9-11(13)12(4,5)14-7-2/h6,8H,1,7,9H2,2-5H3/b10-8+. The zero-order valence-corrected chi connectivity index (χ0v) is 9.59. The van der Waals surface area contributed by atoms with Crippen molar-refractivity contribution in [3.63, 3.8) is 0 Å². The Kier molecular flexibility index (Phi) is 5.39. The lowest BCUT2D eigenvalue weighted by atomic mass is 10.00. The molecule has 0 bridgehead atoms. The molecule has 0 aromatic heterocycles. The summed E-state index contributed by atoms with van der Waals surface area (Å²) < 4.78 is 5.35. The largest absolute Gasteiger partial charge is 0.368 e. The summed E-state index contributed by atoms with van der Waals surface area (Å²) in [6.45, 7) is 11.6. The number of hydrogen-bond acceptors (Lipinski definition) is 2. The lowest BCUT2D eigenvalue weighted by molar-refractivity contribution is -0.138. The van der Waals surface area contributed by atoms with Crippen LogP contribution in [0, 0.1) is 0 Å². The summed E-state index contributed by atoms with van der Waals surface area (Å²) in [5, 5.41) is 0. The summed E-state index contributed by atoms with van der Waals surface area (Å²) in [5.41, 5.74) is 0.345. The van der Waals surface area contributed by atoms with Crippen LogP contribution in [0.2, 0.25) is 0 Å². The van der Waals surface area contributed by atoms with Crippen molar-refractivity contribution in [2.24, 2.45) is 0 Å². The number of hydrogen-bond donors (Lipinski definition) is 0. The molecule has 0 fully saturated rings. The van der Waals surface area contributed by atoms with Crippen LogP contribution in [0.25, 0.3) is 0 Å². The molecule has 0 saturated carbocycles. The molecule has 0 saturated heterocycles. The Labute approximate surface area is 86.6 Å². The highest BCUT2D eigenvalue weighted by atomic mass is 16.5. The molecule has 2 heteroatoms. The van der Waals surface area contributed by atoms with Crippen LogP contribution in [-0.2, 0) is 9.53 Å². The zero-order chi connectivity index (χ0) is 11.2. The molecule has 0 unspecified atom stereocenters. The van der Waals surface area contributed by atoms with Gasteiger partial charge in [-0.25, -0.2) is 0 Å². The molecule has 80 valence electrons. The number of allylic oxidation sites excluding steroid dienone is 3. The number of carbonyl (C=O) groups is 1. The van der Waals surface area contributed by atoms with E-state index in [1.807, 2.05) is 19.9 Å². The maximum Gasteiger partial charge on any atom is 0.167 e. The number of Topliss-reactive ketones (excluding diaryl/α,β-unsaturated/α-hetero) is 1. The predicted octanol–water partition coefficient (Wildman–Crippen LogP) is 2.89. The topological polar surface area (TPSA) is 26.3 Å². The molecule has 14 heavy (non-hydrogen) atoms. The van der Waals surface area contributed by atoms with Crippen molar-refractivity contribution in [1.29, 1.82) is 0 Å². The Bertz CT molecular complexity index is 237. The van der Waals surface area contributed by atoms with E-state index in [0.717, 1.165) is 5.57 Å². The molecule has 0 N–H and O–H groups in total. The van der Waals surface area contributed by atoms with Gasteiger partial charge in [0.2, 0.25) is 0 Å². The van der Waals surface area contributed by atoms with Crippen LogP contribution in [0.5, 0.6) is 0 Å². The molecule has 0 radical (unpaired) electrons. The van der Waals surface area contributed by atoms with E-state index in [4.69, 9.17) is 4.74 Å². The fourth-order valence-electron chi connectivity index (χ4n) is 1.02. The minimum absolute atomic E-state index is 0.0977. The zero-order valence-electron chi connectivity index (χ0n) is 9.59.